The van der Waals surface area contributed by atoms with Gasteiger partial charge in [-0.15, -0.1) is 0 Å². The molecule has 0 spiro atoms. The molecule has 3 atom stereocenters. The first-order valence-corrected chi connectivity index (χ1v) is 9.67. The van der Waals surface area contributed by atoms with Crippen LogP contribution in [0.1, 0.15) is 17.0 Å². The summed E-state index contributed by atoms with van der Waals surface area (Å²) >= 11 is 0. The Morgan fingerprint density at radius 3 is 2.53 bits per heavy atom. The van der Waals surface area contributed by atoms with Crippen molar-refractivity contribution in [1.82, 2.24) is 4.90 Å². The number of phenols is 2. The van der Waals surface area contributed by atoms with E-state index in [2.05, 4.69) is 0 Å². The highest BCUT2D eigenvalue weighted by Crippen LogP contribution is 2.52. The van der Waals surface area contributed by atoms with Gasteiger partial charge in [0.2, 0.25) is 12.5 Å². The van der Waals surface area contributed by atoms with Crippen molar-refractivity contribution in [3.05, 3.63) is 35.4 Å². The fraction of sp³-hybridized carbons (Fsp3) is 0.381. The van der Waals surface area contributed by atoms with E-state index in [-0.39, 0.29) is 25.0 Å². The number of nitrogens with two attached hydrogens (primary N) is 1. The number of fused-ring (bicyclic) bond motifs is 2. The molecule has 2 aliphatic rings. The zero-order valence-electron chi connectivity index (χ0n) is 17.7. The zero-order valence-corrected chi connectivity index (χ0v) is 17.7. The van der Waals surface area contributed by atoms with E-state index in [0.29, 0.717) is 22.6 Å². The fourth-order valence-corrected chi connectivity index (χ4v) is 3.84. The predicted octanol–water partition coefficient (Wildman–Crippen LogP) is 0.643. The largest absolute Gasteiger partial charge is 0.504 e. The molecule has 0 saturated carbocycles. The fourth-order valence-electron chi connectivity index (χ4n) is 3.84. The molecule has 0 aliphatic carbocycles. The average molecular weight is 448 g/mol. The van der Waals surface area contributed by atoms with Gasteiger partial charge in [0.25, 0.3) is 5.91 Å². The Kier molecular flexibility index (Phi) is 5.41. The molecule has 0 radical (unpaired) electrons. The first-order valence-electron chi connectivity index (χ1n) is 9.67. The number of rotatable bonds is 5. The SMILES string of the molecule is COc1cc(C2c3cc4c(cc3OC(N)(O)C2C(=O)OCN(C)C)OCO4)cc(O)c1O. The Labute approximate surface area is 183 Å². The van der Waals surface area contributed by atoms with E-state index in [1.54, 1.807) is 25.1 Å². The van der Waals surface area contributed by atoms with Gasteiger partial charge in [0.1, 0.15) is 18.4 Å². The molecule has 0 aromatic heterocycles. The highest BCUT2D eigenvalue weighted by atomic mass is 16.7. The summed E-state index contributed by atoms with van der Waals surface area (Å²) in [5.74, 6) is -5.71. The molecule has 2 aromatic rings. The summed E-state index contributed by atoms with van der Waals surface area (Å²) in [6, 6.07) is 5.80. The first kappa shape index (κ1) is 21.8. The number of ether oxygens (including phenoxy) is 5. The van der Waals surface area contributed by atoms with Crippen LogP contribution >= 0.6 is 0 Å². The summed E-state index contributed by atoms with van der Waals surface area (Å²) in [5, 5.41) is 31.3. The molecule has 2 heterocycles. The normalized spacial score (nSPS) is 23.4. The molecule has 4 rings (SSSR count). The second kappa shape index (κ2) is 7.93. The van der Waals surface area contributed by atoms with Gasteiger partial charge < -0.3 is 39.0 Å². The molecule has 11 heteroatoms. The molecule has 0 fully saturated rings. The van der Waals surface area contributed by atoms with Gasteiger partial charge in [-0.3, -0.25) is 15.4 Å². The quantitative estimate of drug-likeness (QED) is 0.289. The third-order valence-corrected chi connectivity index (χ3v) is 5.27. The summed E-state index contributed by atoms with van der Waals surface area (Å²) in [7, 11) is 4.72. The number of methoxy groups -OCH3 is 1. The lowest BCUT2D eigenvalue weighted by Gasteiger charge is -2.41. The number of carbonyl (C=O) groups excluding carboxylic acids is 1. The Morgan fingerprint density at radius 2 is 1.88 bits per heavy atom. The lowest BCUT2D eigenvalue weighted by Crippen LogP contribution is -2.60. The van der Waals surface area contributed by atoms with E-state index in [0.717, 1.165) is 0 Å². The smallest absolute Gasteiger partial charge is 0.319 e. The second-order valence-electron chi connectivity index (χ2n) is 7.82. The van der Waals surface area contributed by atoms with Gasteiger partial charge in [-0.2, -0.15) is 0 Å². The zero-order chi connectivity index (χ0) is 23.2. The van der Waals surface area contributed by atoms with Gasteiger partial charge in [0, 0.05) is 17.5 Å². The van der Waals surface area contributed by atoms with Gasteiger partial charge >= 0.3 is 5.97 Å². The molecule has 32 heavy (non-hydrogen) atoms. The van der Waals surface area contributed by atoms with Gasteiger partial charge in [-0.05, 0) is 37.9 Å². The summed E-state index contributed by atoms with van der Waals surface area (Å²) in [6.45, 7) is -0.0613. The Hall–Kier alpha value is -3.41. The van der Waals surface area contributed by atoms with Crippen LogP contribution in [0.5, 0.6) is 34.5 Å². The Balaban J connectivity index is 1.90. The van der Waals surface area contributed by atoms with Crippen LogP contribution in [0.2, 0.25) is 0 Å². The van der Waals surface area contributed by atoms with E-state index in [1.807, 2.05) is 0 Å². The maximum Gasteiger partial charge on any atom is 0.319 e. The maximum atomic E-state index is 13.1. The monoisotopic (exact) mass is 448 g/mol. The minimum atomic E-state index is -2.46. The number of benzene rings is 2. The minimum Gasteiger partial charge on any atom is -0.504 e. The average Bonchev–Trinajstić information content (AvgIpc) is 3.18. The molecule has 5 N–H and O–H groups in total. The molecule has 3 unspecified atom stereocenters. The van der Waals surface area contributed by atoms with Crippen LogP contribution in [0, 0.1) is 5.92 Å². The van der Waals surface area contributed by atoms with Gasteiger partial charge in [-0.25, -0.2) is 0 Å². The van der Waals surface area contributed by atoms with E-state index < -0.39 is 35.2 Å². The Morgan fingerprint density at radius 1 is 1.19 bits per heavy atom. The number of phenolic OH excluding ortho intramolecular Hbond substituents is 2. The lowest BCUT2D eigenvalue weighted by atomic mass is 9.76. The molecule has 0 amide bonds. The number of aliphatic hydroxyl groups is 1. The summed E-state index contributed by atoms with van der Waals surface area (Å²) in [5.41, 5.74) is 6.81. The predicted molar refractivity (Wildman–Crippen MR) is 109 cm³/mol. The van der Waals surface area contributed by atoms with Gasteiger partial charge in [0.05, 0.1) is 7.11 Å². The van der Waals surface area contributed by atoms with E-state index in [1.165, 1.54) is 25.3 Å². The van der Waals surface area contributed by atoms with Crippen molar-refractivity contribution in [2.75, 3.05) is 34.7 Å². The minimum absolute atomic E-state index is 0.00207. The number of esters is 1. The number of hydrogen-bond donors (Lipinski definition) is 4. The number of hydrogen-bond acceptors (Lipinski definition) is 11. The summed E-state index contributed by atoms with van der Waals surface area (Å²) < 4.78 is 26.9. The second-order valence-corrected chi connectivity index (χ2v) is 7.82. The third kappa shape index (κ3) is 3.70. The van der Waals surface area contributed by atoms with Crippen LogP contribution in [0.4, 0.5) is 0 Å². The first-order chi connectivity index (χ1) is 15.1. The van der Waals surface area contributed by atoms with Crippen LogP contribution in [0.3, 0.4) is 0 Å². The summed E-state index contributed by atoms with van der Waals surface area (Å²) in [6.07, 6.45) is 0. The van der Waals surface area contributed by atoms with Crippen LogP contribution < -0.4 is 24.7 Å². The third-order valence-electron chi connectivity index (χ3n) is 5.27. The molecule has 11 nitrogen and oxygen atoms in total. The van der Waals surface area contributed by atoms with Crippen LogP contribution in [0.25, 0.3) is 0 Å². The number of carbonyl (C=O) groups is 1. The van der Waals surface area contributed by atoms with Crippen molar-refractivity contribution in [1.29, 1.82) is 0 Å². The topological polar surface area (TPSA) is 153 Å². The highest BCUT2D eigenvalue weighted by molar-refractivity contribution is 5.77. The molecular weight excluding hydrogens is 424 g/mol. The molecule has 172 valence electrons. The standard InChI is InChI=1S/C21H24N2O9/c1-23(2)8-29-20(26)18-17(10-4-12(24)19(25)16(5-10)28-3)11-6-14-15(31-9-30-14)7-13(11)32-21(18,22)27/h4-7,17-18,24-25,27H,8-9,22H2,1-3H3. The molecule has 2 aromatic carbocycles. The van der Waals surface area contributed by atoms with Crippen molar-refractivity contribution in [3.63, 3.8) is 0 Å². The van der Waals surface area contributed by atoms with E-state index in [4.69, 9.17) is 29.4 Å². The van der Waals surface area contributed by atoms with Crippen LogP contribution in [0.15, 0.2) is 24.3 Å². The van der Waals surface area contributed by atoms with E-state index in [9.17, 15) is 20.1 Å². The van der Waals surface area contributed by atoms with Gasteiger partial charge in [0.15, 0.2) is 23.0 Å². The molecule has 2 aliphatic heterocycles. The van der Waals surface area contributed by atoms with Crippen molar-refractivity contribution >= 4 is 5.97 Å². The lowest BCUT2D eigenvalue weighted by molar-refractivity contribution is -0.206. The Bertz CT molecular complexity index is 1050. The highest BCUT2D eigenvalue weighted by Gasteiger charge is 2.53. The van der Waals surface area contributed by atoms with E-state index >= 15 is 0 Å². The van der Waals surface area contributed by atoms with Crippen molar-refractivity contribution in [2.45, 2.75) is 11.8 Å². The van der Waals surface area contributed by atoms with Crippen molar-refractivity contribution in [3.8, 4) is 34.5 Å². The number of nitrogens with zero attached hydrogens (tertiary/aromatic N) is 1. The summed E-state index contributed by atoms with van der Waals surface area (Å²) in [4.78, 5) is 14.7. The van der Waals surface area contributed by atoms with Gasteiger partial charge in [-0.1, -0.05) is 0 Å². The molecule has 0 bridgehead atoms. The van der Waals surface area contributed by atoms with Crippen molar-refractivity contribution < 1.29 is 43.8 Å². The number of aromatic hydroxyl groups is 2. The van der Waals surface area contributed by atoms with Crippen LogP contribution in [-0.4, -0.2) is 66.8 Å². The van der Waals surface area contributed by atoms with Crippen LogP contribution in [-0.2, 0) is 9.53 Å². The molecule has 0 saturated heterocycles. The maximum absolute atomic E-state index is 13.1. The van der Waals surface area contributed by atoms with Crippen molar-refractivity contribution in [2.24, 2.45) is 11.7 Å². The molecular formula is C21H24N2O9.